The summed E-state index contributed by atoms with van der Waals surface area (Å²) in [7, 11) is 0. The number of hydrogen-bond donors (Lipinski definition) is 1. The Bertz CT molecular complexity index is 669. The zero-order valence-electron chi connectivity index (χ0n) is 14.4. The number of nitrogens with one attached hydrogen (secondary N) is 1. The quantitative estimate of drug-likeness (QED) is 0.873. The van der Waals surface area contributed by atoms with Crippen LogP contribution in [0.25, 0.3) is 0 Å². The number of benzene rings is 1. The Morgan fingerprint density at radius 3 is 2.79 bits per heavy atom. The molecule has 24 heavy (non-hydrogen) atoms. The van der Waals surface area contributed by atoms with E-state index in [-0.39, 0.29) is 11.8 Å². The van der Waals surface area contributed by atoms with E-state index in [0.717, 1.165) is 25.5 Å². The molecule has 0 radical (unpaired) electrons. The van der Waals surface area contributed by atoms with Crippen molar-refractivity contribution < 1.29 is 4.79 Å². The van der Waals surface area contributed by atoms with Gasteiger partial charge >= 0.3 is 0 Å². The van der Waals surface area contributed by atoms with Crippen molar-refractivity contribution in [2.75, 3.05) is 19.6 Å². The van der Waals surface area contributed by atoms with Crippen LogP contribution in [0.2, 0.25) is 0 Å². The first kappa shape index (κ1) is 16.6. The monoisotopic (exact) mass is 327 g/mol. The Kier molecular flexibility index (Phi) is 5.25. The first-order valence-electron chi connectivity index (χ1n) is 8.52. The first-order valence-corrected chi connectivity index (χ1v) is 8.52. The van der Waals surface area contributed by atoms with Gasteiger partial charge in [0.25, 0.3) is 0 Å². The van der Waals surface area contributed by atoms with Gasteiger partial charge in [-0.2, -0.15) is 0 Å². The standard InChI is InChI=1S/C18H25N5O/c1-14-10-22(11-16-6-4-3-5-7-16)12-17(14)18(24)19-8-9-23-13-20-21-15(23)2/h3-7,13-14,17H,8-12H2,1-2H3,(H,19,24)/t14-,17-/m1/s1. The fourth-order valence-electron chi connectivity index (χ4n) is 3.34. The van der Waals surface area contributed by atoms with Gasteiger partial charge in [-0.1, -0.05) is 37.3 Å². The number of carbonyl (C=O) groups is 1. The molecule has 0 saturated carbocycles. The summed E-state index contributed by atoms with van der Waals surface area (Å²) in [6.45, 7) is 8.10. The molecule has 1 saturated heterocycles. The predicted octanol–water partition coefficient (Wildman–Crippen LogP) is 1.47. The second kappa shape index (κ2) is 7.57. The van der Waals surface area contributed by atoms with Gasteiger partial charge in [0.15, 0.2) is 0 Å². The van der Waals surface area contributed by atoms with Gasteiger partial charge < -0.3 is 9.88 Å². The van der Waals surface area contributed by atoms with Crippen LogP contribution in [0.3, 0.4) is 0 Å². The minimum absolute atomic E-state index is 0.0655. The lowest BCUT2D eigenvalue weighted by molar-refractivity contribution is -0.125. The summed E-state index contributed by atoms with van der Waals surface area (Å²) >= 11 is 0. The molecule has 1 aliphatic heterocycles. The van der Waals surface area contributed by atoms with E-state index in [1.54, 1.807) is 6.33 Å². The fourth-order valence-corrected chi connectivity index (χ4v) is 3.34. The summed E-state index contributed by atoms with van der Waals surface area (Å²) in [4.78, 5) is 14.9. The van der Waals surface area contributed by atoms with Crippen LogP contribution < -0.4 is 5.32 Å². The highest BCUT2D eigenvalue weighted by Crippen LogP contribution is 2.24. The molecule has 1 aromatic heterocycles. The van der Waals surface area contributed by atoms with E-state index in [9.17, 15) is 4.79 Å². The van der Waals surface area contributed by atoms with Crippen LogP contribution in [-0.2, 0) is 17.9 Å². The third-order valence-corrected chi connectivity index (χ3v) is 4.73. The molecule has 1 N–H and O–H groups in total. The van der Waals surface area contributed by atoms with E-state index in [1.807, 2.05) is 17.6 Å². The van der Waals surface area contributed by atoms with Crippen molar-refractivity contribution in [1.29, 1.82) is 0 Å². The summed E-state index contributed by atoms with van der Waals surface area (Å²) in [5.74, 6) is 1.47. The van der Waals surface area contributed by atoms with E-state index in [4.69, 9.17) is 0 Å². The number of aromatic nitrogens is 3. The van der Waals surface area contributed by atoms with Crippen molar-refractivity contribution in [3.8, 4) is 0 Å². The van der Waals surface area contributed by atoms with E-state index in [1.165, 1.54) is 5.56 Å². The molecule has 2 heterocycles. The minimum atomic E-state index is 0.0655. The van der Waals surface area contributed by atoms with Crippen LogP contribution in [0.1, 0.15) is 18.3 Å². The van der Waals surface area contributed by atoms with E-state index >= 15 is 0 Å². The van der Waals surface area contributed by atoms with Crippen molar-refractivity contribution in [3.05, 3.63) is 48.0 Å². The molecule has 0 unspecified atom stereocenters. The maximum absolute atomic E-state index is 12.5. The van der Waals surface area contributed by atoms with Crippen LogP contribution in [-0.4, -0.2) is 45.2 Å². The van der Waals surface area contributed by atoms with Gasteiger partial charge in [-0.05, 0) is 18.4 Å². The van der Waals surface area contributed by atoms with Gasteiger partial charge in [0, 0.05) is 32.7 Å². The number of likely N-dealkylation sites (tertiary alicyclic amines) is 1. The number of amides is 1. The van der Waals surface area contributed by atoms with Gasteiger partial charge in [-0.3, -0.25) is 9.69 Å². The average Bonchev–Trinajstić information content (AvgIpc) is 3.14. The van der Waals surface area contributed by atoms with Gasteiger partial charge in [0.05, 0.1) is 5.92 Å². The van der Waals surface area contributed by atoms with Crippen molar-refractivity contribution >= 4 is 5.91 Å². The van der Waals surface area contributed by atoms with E-state index < -0.39 is 0 Å². The molecule has 3 rings (SSSR count). The largest absolute Gasteiger partial charge is 0.354 e. The zero-order valence-corrected chi connectivity index (χ0v) is 14.4. The molecule has 1 amide bonds. The van der Waals surface area contributed by atoms with Gasteiger partial charge in [-0.25, -0.2) is 0 Å². The molecule has 2 aromatic rings. The van der Waals surface area contributed by atoms with Crippen molar-refractivity contribution in [2.24, 2.45) is 11.8 Å². The molecule has 1 aromatic carbocycles. The normalized spacial score (nSPS) is 21.1. The lowest BCUT2D eigenvalue weighted by Crippen LogP contribution is -2.36. The van der Waals surface area contributed by atoms with Crippen LogP contribution in [0.4, 0.5) is 0 Å². The lowest BCUT2D eigenvalue weighted by Gasteiger charge is -2.16. The second-order valence-corrected chi connectivity index (χ2v) is 6.63. The highest BCUT2D eigenvalue weighted by Gasteiger charge is 2.34. The molecule has 0 aliphatic carbocycles. The third kappa shape index (κ3) is 4.00. The van der Waals surface area contributed by atoms with Crippen molar-refractivity contribution in [2.45, 2.75) is 26.9 Å². The van der Waals surface area contributed by atoms with E-state index in [0.29, 0.717) is 19.0 Å². The molecule has 6 nitrogen and oxygen atoms in total. The molecule has 128 valence electrons. The molecule has 1 fully saturated rings. The average molecular weight is 327 g/mol. The smallest absolute Gasteiger partial charge is 0.224 e. The van der Waals surface area contributed by atoms with Crippen LogP contribution in [0.5, 0.6) is 0 Å². The number of rotatable bonds is 6. The summed E-state index contributed by atoms with van der Waals surface area (Å²) in [6, 6.07) is 10.4. The highest BCUT2D eigenvalue weighted by atomic mass is 16.1. The number of nitrogens with zero attached hydrogens (tertiary/aromatic N) is 4. The zero-order chi connectivity index (χ0) is 16.9. The Labute approximate surface area is 142 Å². The molecule has 2 atom stereocenters. The SMILES string of the molecule is Cc1nncn1CCNC(=O)[C@@H]1CN(Cc2ccccc2)C[C@H]1C. The third-order valence-electron chi connectivity index (χ3n) is 4.73. The topological polar surface area (TPSA) is 63.1 Å². The summed E-state index contributed by atoms with van der Waals surface area (Å²) in [5, 5.41) is 10.9. The molecular formula is C18H25N5O. The minimum Gasteiger partial charge on any atom is -0.354 e. The predicted molar refractivity (Wildman–Crippen MR) is 92.1 cm³/mol. The van der Waals surface area contributed by atoms with Crippen molar-refractivity contribution in [1.82, 2.24) is 25.0 Å². The Morgan fingerprint density at radius 2 is 2.08 bits per heavy atom. The molecule has 1 aliphatic rings. The molecule has 0 bridgehead atoms. The fraction of sp³-hybridized carbons (Fsp3) is 0.500. The van der Waals surface area contributed by atoms with Crippen LogP contribution in [0.15, 0.2) is 36.7 Å². The molecule has 6 heteroatoms. The maximum atomic E-state index is 12.5. The van der Waals surface area contributed by atoms with Gasteiger partial charge in [-0.15, -0.1) is 10.2 Å². The number of hydrogen-bond acceptors (Lipinski definition) is 4. The highest BCUT2D eigenvalue weighted by molar-refractivity contribution is 5.79. The first-order chi connectivity index (χ1) is 11.6. The summed E-state index contributed by atoms with van der Waals surface area (Å²) < 4.78 is 1.94. The Balaban J connectivity index is 1.47. The molecule has 0 spiro atoms. The number of aryl methyl sites for hydroxylation is 1. The van der Waals surface area contributed by atoms with E-state index in [2.05, 4.69) is 51.6 Å². The second-order valence-electron chi connectivity index (χ2n) is 6.63. The number of carbonyl (C=O) groups excluding carboxylic acids is 1. The Hall–Kier alpha value is -2.21. The Morgan fingerprint density at radius 1 is 1.29 bits per heavy atom. The maximum Gasteiger partial charge on any atom is 0.224 e. The summed E-state index contributed by atoms with van der Waals surface area (Å²) in [5.41, 5.74) is 1.30. The lowest BCUT2D eigenvalue weighted by atomic mass is 9.97. The van der Waals surface area contributed by atoms with Gasteiger partial charge in [0.1, 0.15) is 12.2 Å². The van der Waals surface area contributed by atoms with Gasteiger partial charge in [0.2, 0.25) is 5.91 Å². The van der Waals surface area contributed by atoms with Crippen LogP contribution >= 0.6 is 0 Å². The summed E-state index contributed by atoms with van der Waals surface area (Å²) in [6.07, 6.45) is 1.70. The van der Waals surface area contributed by atoms with Crippen molar-refractivity contribution in [3.63, 3.8) is 0 Å². The molecular weight excluding hydrogens is 302 g/mol. The van der Waals surface area contributed by atoms with Crippen LogP contribution in [0, 0.1) is 18.8 Å².